The van der Waals surface area contributed by atoms with Crippen molar-refractivity contribution in [3.05, 3.63) is 23.9 Å². The average Bonchev–Trinajstić information content (AvgIpc) is 2.92. The Kier molecular flexibility index (Phi) is 4.86. The Hall–Kier alpha value is -2.29. The van der Waals surface area contributed by atoms with Crippen LogP contribution in [0.3, 0.4) is 0 Å². The van der Waals surface area contributed by atoms with Crippen LogP contribution in [-0.4, -0.2) is 36.3 Å². The van der Waals surface area contributed by atoms with Gasteiger partial charge >= 0.3 is 6.09 Å². The molecule has 6 nitrogen and oxygen atoms in total. The number of aromatic nitrogens is 1. The van der Waals surface area contributed by atoms with Crippen molar-refractivity contribution < 1.29 is 9.53 Å². The second-order valence-corrected chi connectivity index (χ2v) is 6.50. The van der Waals surface area contributed by atoms with E-state index < -0.39 is 5.60 Å². The Morgan fingerprint density at radius 1 is 1.59 bits per heavy atom. The first-order valence-electron chi connectivity index (χ1n) is 7.45. The number of hydrogen-bond donors (Lipinski definition) is 1. The van der Waals surface area contributed by atoms with Crippen LogP contribution in [0.1, 0.15) is 32.8 Å². The largest absolute Gasteiger partial charge is 0.444 e. The first-order valence-corrected chi connectivity index (χ1v) is 7.45. The number of nitrogens with zero attached hydrogens (tertiary/aromatic N) is 3. The number of carbonyl (C=O) groups is 1. The summed E-state index contributed by atoms with van der Waals surface area (Å²) in [4.78, 5) is 18.1. The number of rotatable bonds is 3. The molecule has 0 spiro atoms. The third-order valence-electron chi connectivity index (χ3n) is 3.42. The molecule has 118 valence electrons. The summed E-state index contributed by atoms with van der Waals surface area (Å²) in [5.41, 5.74) is 0.133. The van der Waals surface area contributed by atoms with Gasteiger partial charge in [-0.1, -0.05) is 0 Å². The van der Waals surface area contributed by atoms with Gasteiger partial charge in [0.2, 0.25) is 0 Å². The molecule has 0 bridgehead atoms. The predicted molar refractivity (Wildman–Crippen MR) is 83.5 cm³/mol. The highest BCUT2D eigenvalue weighted by molar-refractivity contribution is 5.67. The van der Waals surface area contributed by atoms with Gasteiger partial charge in [-0.2, -0.15) is 5.26 Å². The zero-order chi connectivity index (χ0) is 16.2. The highest BCUT2D eigenvalue weighted by atomic mass is 16.6. The van der Waals surface area contributed by atoms with Crippen molar-refractivity contribution in [1.82, 2.24) is 10.3 Å². The molecule has 1 N–H and O–H groups in total. The van der Waals surface area contributed by atoms with E-state index in [1.165, 1.54) is 0 Å². The fourth-order valence-corrected chi connectivity index (χ4v) is 2.41. The van der Waals surface area contributed by atoms with Gasteiger partial charge in [0.1, 0.15) is 11.4 Å². The summed E-state index contributed by atoms with van der Waals surface area (Å²) < 4.78 is 5.23. The quantitative estimate of drug-likeness (QED) is 0.927. The molecule has 1 aromatic rings. The first-order chi connectivity index (χ1) is 10.4. The van der Waals surface area contributed by atoms with Crippen molar-refractivity contribution in [2.75, 3.05) is 24.5 Å². The third kappa shape index (κ3) is 4.62. The van der Waals surface area contributed by atoms with Crippen LogP contribution in [0.4, 0.5) is 10.6 Å². The fourth-order valence-electron chi connectivity index (χ4n) is 2.41. The summed E-state index contributed by atoms with van der Waals surface area (Å²) in [6.45, 7) is 7.82. The highest BCUT2D eigenvalue weighted by Crippen LogP contribution is 2.22. The third-order valence-corrected chi connectivity index (χ3v) is 3.42. The molecular weight excluding hydrogens is 280 g/mol. The minimum absolute atomic E-state index is 0.361. The lowest BCUT2D eigenvalue weighted by Gasteiger charge is -2.21. The molecule has 0 aromatic carbocycles. The first kappa shape index (κ1) is 16.1. The number of pyridine rings is 1. The Balaban J connectivity index is 1.83. The zero-order valence-corrected chi connectivity index (χ0v) is 13.3. The van der Waals surface area contributed by atoms with E-state index in [2.05, 4.69) is 21.3 Å². The van der Waals surface area contributed by atoms with E-state index in [1.807, 2.05) is 20.8 Å². The Morgan fingerprint density at radius 3 is 3.05 bits per heavy atom. The molecule has 22 heavy (non-hydrogen) atoms. The molecule has 0 aliphatic carbocycles. The van der Waals surface area contributed by atoms with Crippen molar-refractivity contribution in [2.45, 2.75) is 32.8 Å². The van der Waals surface area contributed by atoms with Gasteiger partial charge in [0.25, 0.3) is 0 Å². The molecule has 1 saturated heterocycles. The zero-order valence-electron chi connectivity index (χ0n) is 13.3. The lowest BCUT2D eigenvalue weighted by atomic mass is 10.1. The molecule has 2 rings (SSSR count). The molecule has 6 heteroatoms. The van der Waals surface area contributed by atoms with E-state index in [-0.39, 0.29) is 6.09 Å². The van der Waals surface area contributed by atoms with Gasteiger partial charge in [0, 0.05) is 25.8 Å². The van der Waals surface area contributed by atoms with Gasteiger partial charge in [-0.3, -0.25) is 0 Å². The monoisotopic (exact) mass is 302 g/mol. The summed E-state index contributed by atoms with van der Waals surface area (Å²) in [7, 11) is 0. The molecule has 1 unspecified atom stereocenters. The minimum atomic E-state index is -0.479. The number of ether oxygens (including phenoxy) is 1. The van der Waals surface area contributed by atoms with E-state index in [1.54, 1.807) is 18.3 Å². The Labute approximate surface area is 131 Å². The fraction of sp³-hybridized carbons (Fsp3) is 0.562. The number of hydrogen-bond acceptors (Lipinski definition) is 5. The lowest BCUT2D eigenvalue weighted by Crippen LogP contribution is -2.36. The molecule has 1 atom stereocenters. The normalized spacial score (nSPS) is 17.9. The summed E-state index contributed by atoms with van der Waals surface area (Å²) >= 11 is 0. The standard InChI is InChI=1S/C16H22N4O2/c1-16(2,3)22-15(21)19-10-13-5-7-20(11-13)14-8-12(9-17)4-6-18-14/h4,6,8,13H,5,7,10-11H2,1-3H3,(H,19,21). The molecule has 0 saturated carbocycles. The molecule has 0 radical (unpaired) electrons. The van der Waals surface area contributed by atoms with Gasteiger partial charge in [0.15, 0.2) is 0 Å². The van der Waals surface area contributed by atoms with Crippen molar-refractivity contribution in [1.29, 1.82) is 5.26 Å². The van der Waals surface area contributed by atoms with Gasteiger partial charge in [-0.25, -0.2) is 9.78 Å². The minimum Gasteiger partial charge on any atom is -0.444 e. The number of carbonyl (C=O) groups excluding carboxylic acids is 1. The summed E-state index contributed by atoms with van der Waals surface area (Å²) in [6, 6.07) is 5.61. The summed E-state index contributed by atoms with van der Waals surface area (Å²) in [5.74, 6) is 1.18. The number of anilines is 1. The average molecular weight is 302 g/mol. The van der Waals surface area contributed by atoms with Crippen LogP contribution < -0.4 is 10.2 Å². The van der Waals surface area contributed by atoms with E-state index in [0.717, 1.165) is 25.3 Å². The Bertz CT molecular complexity index is 574. The van der Waals surface area contributed by atoms with Gasteiger partial charge in [0.05, 0.1) is 11.6 Å². The van der Waals surface area contributed by atoms with Crippen LogP contribution in [0.25, 0.3) is 0 Å². The van der Waals surface area contributed by atoms with E-state index in [9.17, 15) is 4.79 Å². The predicted octanol–water partition coefficient (Wildman–Crippen LogP) is 2.30. The maximum atomic E-state index is 11.7. The van der Waals surface area contributed by atoms with Crippen molar-refractivity contribution in [3.63, 3.8) is 0 Å². The molecule has 1 fully saturated rings. The second kappa shape index (κ2) is 6.65. The number of nitrogens with one attached hydrogen (secondary N) is 1. The summed E-state index contributed by atoms with van der Waals surface area (Å²) in [5, 5.41) is 11.8. The van der Waals surface area contributed by atoms with Crippen molar-refractivity contribution >= 4 is 11.9 Å². The summed E-state index contributed by atoms with van der Waals surface area (Å²) in [6.07, 6.45) is 2.25. The molecule has 1 aliphatic rings. The van der Waals surface area contributed by atoms with Gasteiger partial charge < -0.3 is 15.0 Å². The lowest BCUT2D eigenvalue weighted by molar-refractivity contribution is 0.0520. The van der Waals surface area contributed by atoms with Gasteiger partial charge in [-0.15, -0.1) is 0 Å². The van der Waals surface area contributed by atoms with Crippen LogP contribution in [0.15, 0.2) is 18.3 Å². The molecule has 2 heterocycles. The topological polar surface area (TPSA) is 78.2 Å². The van der Waals surface area contributed by atoms with Crippen molar-refractivity contribution in [2.24, 2.45) is 5.92 Å². The van der Waals surface area contributed by atoms with E-state index >= 15 is 0 Å². The van der Waals surface area contributed by atoms with Crippen LogP contribution in [0, 0.1) is 17.2 Å². The molecule has 1 amide bonds. The second-order valence-electron chi connectivity index (χ2n) is 6.50. The Morgan fingerprint density at radius 2 is 2.36 bits per heavy atom. The van der Waals surface area contributed by atoms with Crippen LogP contribution in [0.5, 0.6) is 0 Å². The SMILES string of the molecule is CC(C)(C)OC(=O)NCC1CCN(c2cc(C#N)ccn2)C1. The maximum absolute atomic E-state index is 11.7. The number of nitriles is 1. The van der Waals surface area contributed by atoms with Crippen LogP contribution in [0.2, 0.25) is 0 Å². The van der Waals surface area contributed by atoms with E-state index in [0.29, 0.717) is 18.0 Å². The molecular formula is C16H22N4O2. The maximum Gasteiger partial charge on any atom is 0.407 e. The van der Waals surface area contributed by atoms with Gasteiger partial charge in [-0.05, 0) is 45.2 Å². The molecule has 1 aliphatic heterocycles. The van der Waals surface area contributed by atoms with Crippen LogP contribution in [-0.2, 0) is 4.74 Å². The van der Waals surface area contributed by atoms with E-state index in [4.69, 9.17) is 10.00 Å². The number of amides is 1. The smallest absolute Gasteiger partial charge is 0.407 e. The number of alkyl carbamates (subject to hydrolysis) is 1. The van der Waals surface area contributed by atoms with Crippen LogP contribution >= 0.6 is 0 Å². The van der Waals surface area contributed by atoms with Crippen molar-refractivity contribution in [3.8, 4) is 6.07 Å². The molecule has 1 aromatic heterocycles. The highest BCUT2D eigenvalue weighted by Gasteiger charge is 2.25.